The maximum Gasteiger partial charge on any atom is 0.351 e. The molecule has 0 saturated carbocycles. The highest BCUT2D eigenvalue weighted by molar-refractivity contribution is 7.69. The highest BCUT2D eigenvalue weighted by Crippen LogP contribution is 2.26. The van der Waals surface area contributed by atoms with Crippen molar-refractivity contribution >= 4 is 38.2 Å². The second-order valence-corrected chi connectivity index (χ2v) is 7.76. The van der Waals surface area contributed by atoms with Crippen LogP contribution in [0, 0.1) is 0 Å². The van der Waals surface area contributed by atoms with E-state index in [9.17, 15) is 9.59 Å². The zero-order valence-corrected chi connectivity index (χ0v) is 16.1. The van der Waals surface area contributed by atoms with Gasteiger partial charge in [0.1, 0.15) is 11.2 Å². The Morgan fingerprint density at radius 1 is 1.27 bits per heavy atom. The molecule has 0 unspecified atom stereocenters. The average Bonchev–Trinajstić information content (AvgIpc) is 3.06. The predicted molar refractivity (Wildman–Crippen MR) is 103 cm³/mol. The Morgan fingerprint density at radius 3 is 2.73 bits per heavy atom. The summed E-state index contributed by atoms with van der Waals surface area (Å²) in [6, 6.07) is 10.8. The average molecular weight is 408 g/mol. The van der Waals surface area contributed by atoms with Gasteiger partial charge in [-0.2, -0.15) is 4.98 Å². The smallest absolute Gasteiger partial charge is 0.351 e. The lowest BCUT2D eigenvalue weighted by molar-refractivity contribution is -0.118. The van der Waals surface area contributed by atoms with Crippen molar-refractivity contribution in [3.8, 4) is 16.3 Å². The van der Waals surface area contributed by atoms with Gasteiger partial charge in [0.25, 0.3) is 5.91 Å². The lowest BCUT2D eigenvalue weighted by Gasteiger charge is -2.04. The Kier molecular flexibility index (Phi) is 5.97. The van der Waals surface area contributed by atoms with Gasteiger partial charge in [-0.05, 0) is 30.7 Å². The van der Waals surface area contributed by atoms with E-state index in [1.807, 2.05) is 30.3 Å². The number of benzene rings is 1. The van der Waals surface area contributed by atoms with E-state index in [1.165, 1.54) is 31.4 Å². The minimum Gasteiger partial charge on any atom is -0.478 e. The van der Waals surface area contributed by atoms with Crippen LogP contribution in [0.25, 0.3) is 10.4 Å². The van der Waals surface area contributed by atoms with Crippen molar-refractivity contribution in [1.82, 2.24) is 9.55 Å². The van der Waals surface area contributed by atoms with E-state index in [0.717, 1.165) is 10.4 Å². The van der Waals surface area contributed by atoms with E-state index in [0.29, 0.717) is 16.3 Å². The van der Waals surface area contributed by atoms with Gasteiger partial charge in [0.2, 0.25) is 5.88 Å². The lowest BCUT2D eigenvalue weighted by atomic mass is 10.2. The molecule has 1 amide bonds. The molecule has 0 aliphatic heterocycles. The van der Waals surface area contributed by atoms with Gasteiger partial charge in [-0.25, -0.2) is 9.79 Å². The molecule has 0 fully saturated rings. The SMILES string of the molecule is CCOc1ccn(CC(=O)N=c2cc(-c3ccc(Cl)cc3)ss2)c(=O)n1. The molecule has 6 nitrogen and oxygen atoms in total. The third kappa shape index (κ3) is 4.66. The first-order valence-electron chi connectivity index (χ1n) is 7.69. The number of amides is 1. The Labute approximate surface area is 161 Å². The third-order valence-electron chi connectivity index (χ3n) is 3.28. The number of halogens is 1. The Hall–Kier alpha value is -2.29. The van der Waals surface area contributed by atoms with Crippen LogP contribution < -0.4 is 15.1 Å². The molecule has 0 spiro atoms. The maximum absolute atomic E-state index is 12.1. The van der Waals surface area contributed by atoms with Crippen molar-refractivity contribution in [3.63, 3.8) is 0 Å². The molecule has 9 heteroatoms. The van der Waals surface area contributed by atoms with Gasteiger partial charge < -0.3 is 4.74 Å². The van der Waals surface area contributed by atoms with Gasteiger partial charge in [-0.3, -0.25) is 9.36 Å². The van der Waals surface area contributed by atoms with Gasteiger partial charge in [-0.1, -0.05) is 44.4 Å². The predicted octanol–water partition coefficient (Wildman–Crippen LogP) is 3.21. The van der Waals surface area contributed by atoms with E-state index in [1.54, 1.807) is 13.0 Å². The fourth-order valence-electron chi connectivity index (χ4n) is 2.11. The van der Waals surface area contributed by atoms with Crippen LogP contribution in [0.5, 0.6) is 5.88 Å². The molecule has 134 valence electrons. The van der Waals surface area contributed by atoms with E-state index in [-0.39, 0.29) is 12.4 Å². The molecule has 2 heterocycles. The van der Waals surface area contributed by atoms with E-state index >= 15 is 0 Å². The molecule has 0 saturated heterocycles. The molecule has 0 bridgehead atoms. The molecule has 2 aromatic heterocycles. The van der Waals surface area contributed by atoms with Gasteiger partial charge >= 0.3 is 5.69 Å². The second kappa shape index (κ2) is 8.39. The van der Waals surface area contributed by atoms with Gasteiger partial charge in [0.15, 0.2) is 0 Å². The molecule has 3 rings (SSSR count). The number of carbonyl (C=O) groups excluding carboxylic acids is 1. The summed E-state index contributed by atoms with van der Waals surface area (Å²) in [6.07, 6.45) is 1.48. The molecule has 26 heavy (non-hydrogen) atoms. The number of ether oxygens (including phenoxy) is 1. The monoisotopic (exact) mass is 407 g/mol. The quantitative estimate of drug-likeness (QED) is 0.609. The largest absolute Gasteiger partial charge is 0.478 e. The lowest BCUT2D eigenvalue weighted by Crippen LogP contribution is -2.26. The fraction of sp³-hybridized carbons (Fsp3) is 0.176. The number of hydrogen-bond acceptors (Lipinski definition) is 6. The highest BCUT2D eigenvalue weighted by Gasteiger charge is 2.07. The molecule has 0 radical (unpaired) electrons. The van der Waals surface area contributed by atoms with Crippen LogP contribution in [0.2, 0.25) is 5.02 Å². The second-order valence-electron chi connectivity index (χ2n) is 5.14. The summed E-state index contributed by atoms with van der Waals surface area (Å²) in [4.78, 5) is 32.9. The minimum atomic E-state index is -0.546. The summed E-state index contributed by atoms with van der Waals surface area (Å²) in [5.74, 6) is -0.180. The van der Waals surface area contributed by atoms with Crippen LogP contribution in [0.1, 0.15) is 6.92 Å². The van der Waals surface area contributed by atoms with Crippen molar-refractivity contribution in [3.05, 3.63) is 62.8 Å². The van der Waals surface area contributed by atoms with Crippen LogP contribution in [-0.2, 0) is 11.3 Å². The molecular formula is C17H14ClN3O3S2. The molecule has 1 aromatic carbocycles. The maximum atomic E-state index is 12.1. The van der Waals surface area contributed by atoms with Crippen LogP contribution in [-0.4, -0.2) is 22.1 Å². The molecule has 0 N–H and O–H groups in total. The summed E-state index contributed by atoms with van der Waals surface area (Å²) < 4.78 is 6.95. The van der Waals surface area contributed by atoms with E-state index < -0.39 is 11.6 Å². The van der Waals surface area contributed by atoms with Crippen molar-refractivity contribution in [2.24, 2.45) is 4.99 Å². The Balaban J connectivity index is 1.75. The van der Waals surface area contributed by atoms with E-state index in [4.69, 9.17) is 16.3 Å². The number of nitrogens with zero attached hydrogens (tertiary/aromatic N) is 3. The summed E-state index contributed by atoms with van der Waals surface area (Å²) in [7, 11) is 2.92. The van der Waals surface area contributed by atoms with Gasteiger partial charge in [-0.15, -0.1) is 0 Å². The summed E-state index contributed by atoms with van der Waals surface area (Å²) in [6.45, 7) is 2.05. The Bertz CT molecular complexity index is 1040. The van der Waals surface area contributed by atoms with Gasteiger partial charge in [0.05, 0.1) is 6.61 Å². The molecule has 0 aliphatic rings. The van der Waals surface area contributed by atoms with Crippen LogP contribution >= 0.6 is 32.3 Å². The standard InChI is InChI=1S/C17H14ClN3O3S2/c1-2-24-15-7-8-21(17(23)20-15)10-14(22)19-16-9-13(25-26-16)11-3-5-12(18)6-4-11/h3-9H,2,10H2,1H3. The summed E-state index contributed by atoms with van der Waals surface area (Å²) in [5.41, 5.74) is 0.465. The van der Waals surface area contributed by atoms with Gasteiger partial charge in [0, 0.05) is 22.2 Å². The van der Waals surface area contributed by atoms with Crippen molar-refractivity contribution < 1.29 is 9.53 Å². The molecule has 0 aliphatic carbocycles. The number of carbonyl (C=O) groups is 1. The van der Waals surface area contributed by atoms with E-state index in [2.05, 4.69) is 9.98 Å². The molecule has 3 aromatic rings. The Morgan fingerprint density at radius 2 is 2.04 bits per heavy atom. The van der Waals surface area contributed by atoms with Crippen LogP contribution in [0.3, 0.4) is 0 Å². The number of aromatic nitrogens is 2. The number of hydrogen-bond donors (Lipinski definition) is 0. The summed E-state index contributed by atoms with van der Waals surface area (Å²) in [5, 5.41) is 0.670. The summed E-state index contributed by atoms with van der Waals surface area (Å²) >= 11 is 5.89. The van der Waals surface area contributed by atoms with Crippen molar-refractivity contribution in [1.29, 1.82) is 0 Å². The van der Waals surface area contributed by atoms with Crippen molar-refractivity contribution in [2.45, 2.75) is 13.5 Å². The first-order valence-corrected chi connectivity index (χ1v) is 10.2. The zero-order valence-electron chi connectivity index (χ0n) is 13.7. The fourth-order valence-corrected chi connectivity index (χ4v) is 4.40. The molecular weight excluding hydrogens is 394 g/mol. The normalized spacial score (nSPS) is 11.5. The van der Waals surface area contributed by atoms with Crippen LogP contribution in [0.4, 0.5) is 0 Å². The number of rotatable bonds is 5. The topological polar surface area (TPSA) is 73.6 Å². The van der Waals surface area contributed by atoms with Crippen LogP contribution in [0.15, 0.2) is 52.4 Å². The zero-order chi connectivity index (χ0) is 18.5. The highest BCUT2D eigenvalue weighted by atomic mass is 35.5. The minimum absolute atomic E-state index is 0.170. The van der Waals surface area contributed by atoms with Crippen molar-refractivity contribution in [2.75, 3.05) is 6.61 Å². The molecule has 0 atom stereocenters. The first-order chi connectivity index (χ1) is 12.5. The first kappa shape index (κ1) is 18.5. The third-order valence-corrected chi connectivity index (χ3v) is 5.83.